The van der Waals surface area contributed by atoms with Gasteiger partial charge in [-0.1, -0.05) is 32.4 Å². The third-order valence-electron chi connectivity index (χ3n) is 3.70. The van der Waals surface area contributed by atoms with E-state index in [1.54, 1.807) is 0 Å². The van der Waals surface area contributed by atoms with E-state index in [9.17, 15) is 0 Å². The summed E-state index contributed by atoms with van der Waals surface area (Å²) in [4.78, 5) is 0. The third kappa shape index (κ3) is 4.78. The van der Waals surface area contributed by atoms with Gasteiger partial charge in [-0.2, -0.15) is 5.10 Å². The minimum absolute atomic E-state index is 0.211. The van der Waals surface area contributed by atoms with Crippen molar-refractivity contribution < 1.29 is 0 Å². The van der Waals surface area contributed by atoms with E-state index in [2.05, 4.69) is 45.0 Å². The fourth-order valence-electron chi connectivity index (χ4n) is 2.86. The number of hydrogen-bond donors (Lipinski definition) is 1. The highest BCUT2D eigenvalue weighted by Gasteiger charge is 2.25. The van der Waals surface area contributed by atoms with Crippen LogP contribution < -0.4 is 5.32 Å². The molecule has 1 aromatic heterocycles. The van der Waals surface area contributed by atoms with Crippen LogP contribution in [-0.4, -0.2) is 22.4 Å². The maximum Gasteiger partial charge on any atom is 0.0847 e. The molecule has 0 saturated carbocycles. The molecule has 0 spiro atoms. The first kappa shape index (κ1) is 17.5. The van der Waals surface area contributed by atoms with Gasteiger partial charge in [-0.15, -0.1) is 0 Å². The number of halogens is 1. The van der Waals surface area contributed by atoms with Crippen molar-refractivity contribution in [3.05, 3.63) is 16.4 Å². The maximum atomic E-state index is 6.42. The van der Waals surface area contributed by atoms with Gasteiger partial charge >= 0.3 is 0 Å². The summed E-state index contributed by atoms with van der Waals surface area (Å²) in [5.41, 5.74) is 2.33. The highest BCUT2D eigenvalue weighted by molar-refractivity contribution is 6.31. The molecule has 1 heterocycles. The molecular weight excluding hydrogens is 270 g/mol. The average molecular weight is 300 g/mol. The van der Waals surface area contributed by atoms with E-state index in [4.69, 9.17) is 11.6 Å². The molecule has 0 aliphatic carbocycles. The Morgan fingerprint density at radius 1 is 1.35 bits per heavy atom. The number of nitrogens with one attached hydrogen (secondary N) is 1. The standard InChI is InChI=1S/C16H30ClN3/c1-7-9-18-12(3)10-16(5,6)11-14-15(17)13(4)19-20(14)8-2/h12,18H,7-11H2,1-6H3. The lowest BCUT2D eigenvalue weighted by molar-refractivity contribution is 0.280. The van der Waals surface area contributed by atoms with Crippen LogP contribution in [0.5, 0.6) is 0 Å². The van der Waals surface area contributed by atoms with E-state index in [1.165, 1.54) is 12.1 Å². The molecule has 1 aromatic rings. The third-order valence-corrected chi connectivity index (χ3v) is 4.19. The number of hydrogen-bond acceptors (Lipinski definition) is 2. The van der Waals surface area contributed by atoms with E-state index >= 15 is 0 Å². The molecule has 0 bridgehead atoms. The highest BCUT2D eigenvalue weighted by Crippen LogP contribution is 2.32. The topological polar surface area (TPSA) is 29.9 Å². The van der Waals surface area contributed by atoms with Crippen molar-refractivity contribution in [3.8, 4) is 0 Å². The van der Waals surface area contributed by atoms with E-state index in [-0.39, 0.29) is 5.41 Å². The fourth-order valence-corrected chi connectivity index (χ4v) is 3.06. The summed E-state index contributed by atoms with van der Waals surface area (Å²) in [6.45, 7) is 15.2. The summed E-state index contributed by atoms with van der Waals surface area (Å²) >= 11 is 6.42. The number of aromatic nitrogens is 2. The van der Waals surface area contributed by atoms with Crippen LogP contribution in [0.15, 0.2) is 0 Å². The average Bonchev–Trinajstić information content (AvgIpc) is 2.63. The van der Waals surface area contributed by atoms with Crippen LogP contribution in [0.3, 0.4) is 0 Å². The second-order valence-electron chi connectivity index (χ2n) is 6.56. The van der Waals surface area contributed by atoms with E-state index in [1.807, 2.05) is 11.6 Å². The Hall–Kier alpha value is -0.540. The molecule has 0 radical (unpaired) electrons. The van der Waals surface area contributed by atoms with Crippen LogP contribution in [-0.2, 0) is 13.0 Å². The molecular formula is C16H30ClN3. The van der Waals surface area contributed by atoms with Crippen molar-refractivity contribution >= 4 is 11.6 Å². The monoisotopic (exact) mass is 299 g/mol. The highest BCUT2D eigenvalue weighted by atomic mass is 35.5. The van der Waals surface area contributed by atoms with Gasteiger partial charge in [0.2, 0.25) is 0 Å². The lowest BCUT2D eigenvalue weighted by atomic mass is 9.81. The van der Waals surface area contributed by atoms with Gasteiger partial charge in [0.1, 0.15) is 0 Å². The van der Waals surface area contributed by atoms with Crippen LogP contribution in [0.2, 0.25) is 5.02 Å². The van der Waals surface area contributed by atoms with Gasteiger partial charge in [-0.25, -0.2) is 0 Å². The van der Waals surface area contributed by atoms with Crippen molar-refractivity contribution in [1.29, 1.82) is 0 Å². The smallest absolute Gasteiger partial charge is 0.0847 e. The number of rotatable bonds is 8. The van der Waals surface area contributed by atoms with Gasteiger partial charge in [-0.3, -0.25) is 4.68 Å². The first-order valence-corrected chi connectivity index (χ1v) is 8.13. The van der Waals surface area contributed by atoms with Crippen molar-refractivity contribution in [2.24, 2.45) is 5.41 Å². The molecule has 3 nitrogen and oxygen atoms in total. The van der Waals surface area contributed by atoms with Crippen LogP contribution in [0.4, 0.5) is 0 Å². The summed E-state index contributed by atoms with van der Waals surface area (Å²) in [5, 5.41) is 8.92. The summed E-state index contributed by atoms with van der Waals surface area (Å²) in [5.74, 6) is 0. The Balaban J connectivity index is 2.75. The molecule has 4 heteroatoms. The molecule has 20 heavy (non-hydrogen) atoms. The van der Waals surface area contributed by atoms with Gasteiger partial charge in [-0.05, 0) is 52.0 Å². The van der Waals surface area contributed by atoms with Crippen molar-refractivity contribution in [2.45, 2.75) is 73.4 Å². The first-order valence-electron chi connectivity index (χ1n) is 7.76. The zero-order valence-electron chi connectivity index (χ0n) is 13.9. The summed E-state index contributed by atoms with van der Waals surface area (Å²) in [6, 6.07) is 0.530. The first-order chi connectivity index (χ1) is 9.30. The zero-order valence-corrected chi connectivity index (χ0v) is 14.6. The Kier molecular flexibility index (Phi) is 6.53. The Morgan fingerprint density at radius 3 is 2.55 bits per heavy atom. The van der Waals surface area contributed by atoms with Gasteiger partial charge in [0, 0.05) is 12.6 Å². The van der Waals surface area contributed by atoms with Crippen LogP contribution >= 0.6 is 11.6 Å². The minimum atomic E-state index is 0.211. The molecule has 0 aromatic carbocycles. The predicted molar refractivity (Wildman–Crippen MR) is 87.5 cm³/mol. The van der Waals surface area contributed by atoms with Gasteiger partial charge in [0.15, 0.2) is 0 Å². The Bertz CT molecular complexity index is 424. The zero-order chi connectivity index (χ0) is 15.3. The van der Waals surface area contributed by atoms with Gasteiger partial charge in [0.05, 0.1) is 16.4 Å². The van der Waals surface area contributed by atoms with Crippen LogP contribution in [0.25, 0.3) is 0 Å². The van der Waals surface area contributed by atoms with Gasteiger partial charge < -0.3 is 5.32 Å². The second kappa shape index (κ2) is 7.46. The number of nitrogens with zero attached hydrogens (tertiary/aromatic N) is 2. The number of aryl methyl sites for hydroxylation is 2. The summed E-state index contributed by atoms with van der Waals surface area (Å²) < 4.78 is 2.05. The Labute approximate surface area is 129 Å². The predicted octanol–water partition coefficient (Wildman–Crippen LogP) is 4.21. The maximum absolute atomic E-state index is 6.42. The molecule has 1 rings (SSSR count). The SMILES string of the molecule is CCCNC(C)CC(C)(C)Cc1c(Cl)c(C)nn1CC. The normalized spacial score (nSPS) is 13.8. The van der Waals surface area contributed by atoms with Crippen molar-refractivity contribution in [1.82, 2.24) is 15.1 Å². The van der Waals surface area contributed by atoms with E-state index < -0.39 is 0 Å². The van der Waals surface area contributed by atoms with Gasteiger partial charge in [0.25, 0.3) is 0 Å². The van der Waals surface area contributed by atoms with Crippen LogP contribution in [0.1, 0.15) is 58.8 Å². The summed E-state index contributed by atoms with van der Waals surface area (Å²) in [7, 11) is 0. The van der Waals surface area contributed by atoms with E-state index in [0.717, 1.165) is 36.6 Å². The Morgan fingerprint density at radius 2 is 2.00 bits per heavy atom. The molecule has 0 fully saturated rings. The summed E-state index contributed by atoms with van der Waals surface area (Å²) in [6.07, 6.45) is 3.29. The largest absolute Gasteiger partial charge is 0.314 e. The molecule has 0 saturated heterocycles. The second-order valence-corrected chi connectivity index (χ2v) is 6.94. The quantitative estimate of drug-likeness (QED) is 0.779. The van der Waals surface area contributed by atoms with Crippen LogP contribution in [0, 0.1) is 12.3 Å². The fraction of sp³-hybridized carbons (Fsp3) is 0.812. The molecule has 1 atom stereocenters. The molecule has 0 amide bonds. The molecule has 116 valence electrons. The lowest BCUT2D eigenvalue weighted by Crippen LogP contribution is -2.33. The molecule has 0 aliphatic rings. The van der Waals surface area contributed by atoms with Crippen molar-refractivity contribution in [2.75, 3.05) is 6.54 Å². The minimum Gasteiger partial charge on any atom is -0.314 e. The van der Waals surface area contributed by atoms with E-state index in [0.29, 0.717) is 6.04 Å². The lowest BCUT2D eigenvalue weighted by Gasteiger charge is -2.29. The molecule has 1 unspecified atom stereocenters. The molecule has 1 N–H and O–H groups in total. The van der Waals surface area contributed by atoms with Crippen molar-refractivity contribution in [3.63, 3.8) is 0 Å². The molecule has 0 aliphatic heterocycles.